The lowest BCUT2D eigenvalue weighted by atomic mass is 10.1. The van der Waals surface area contributed by atoms with Gasteiger partial charge in [0.2, 0.25) is 0 Å². The third-order valence-electron chi connectivity index (χ3n) is 4.26. The van der Waals surface area contributed by atoms with Crippen molar-refractivity contribution in [3.05, 3.63) is 81.8 Å². The lowest BCUT2D eigenvalue weighted by Gasteiger charge is -2.10. The van der Waals surface area contributed by atoms with E-state index in [0.29, 0.717) is 22.4 Å². The maximum Gasteiger partial charge on any atom is 0.297 e. The van der Waals surface area contributed by atoms with E-state index in [1.54, 1.807) is 19.1 Å². The van der Waals surface area contributed by atoms with Crippen LogP contribution in [0.25, 0.3) is 22.2 Å². The minimum absolute atomic E-state index is 0.185. The molecule has 0 atom stereocenters. The van der Waals surface area contributed by atoms with Crippen LogP contribution < -0.4 is 5.56 Å². The Labute approximate surface area is 148 Å². The highest BCUT2D eigenvalue weighted by molar-refractivity contribution is 5.92. The molecule has 26 heavy (non-hydrogen) atoms. The third kappa shape index (κ3) is 2.56. The highest BCUT2D eigenvalue weighted by Crippen LogP contribution is 2.27. The van der Waals surface area contributed by atoms with Crippen molar-refractivity contribution >= 4 is 10.9 Å². The van der Waals surface area contributed by atoms with Gasteiger partial charge in [0.15, 0.2) is 5.52 Å². The van der Waals surface area contributed by atoms with E-state index < -0.39 is 0 Å². The molecule has 0 fully saturated rings. The van der Waals surface area contributed by atoms with Crippen LogP contribution in [-0.4, -0.2) is 14.9 Å². The molecule has 0 saturated heterocycles. The Bertz CT molecular complexity index is 1200. The van der Waals surface area contributed by atoms with Gasteiger partial charge in [0.1, 0.15) is 11.5 Å². The predicted molar refractivity (Wildman–Crippen MR) is 96.5 cm³/mol. The normalized spacial score (nSPS) is 10.8. The largest absolute Gasteiger partial charge is 0.360 e. The van der Waals surface area contributed by atoms with Gasteiger partial charge in [0, 0.05) is 5.56 Å². The fraction of sp³-hybridized carbons (Fsp3) is 0.100. The molecule has 2 aromatic carbocycles. The molecule has 126 valence electrons. The second-order valence-electron chi connectivity index (χ2n) is 5.91. The van der Waals surface area contributed by atoms with E-state index in [1.807, 2.05) is 42.5 Å². The number of fused-ring (bicyclic) bond motifs is 1. The van der Waals surface area contributed by atoms with E-state index in [-0.39, 0.29) is 17.6 Å². The van der Waals surface area contributed by atoms with E-state index in [2.05, 4.69) is 16.3 Å². The fourth-order valence-electron chi connectivity index (χ4n) is 2.97. The Morgan fingerprint density at radius 2 is 1.85 bits per heavy atom. The maximum absolute atomic E-state index is 12.8. The molecule has 0 amide bonds. The Morgan fingerprint density at radius 1 is 1.12 bits per heavy atom. The van der Waals surface area contributed by atoms with Crippen LogP contribution in [0.5, 0.6) is 0 Å². The monoisotopic (exact) mass is 342 g/mol. The standard InChI is InChI=1S/C20H14N4O2/c1-13-17-18(14-7-3-2-4-8-14)22-24(20(25)19(17)23-26-13)12-16-10-6-5-9-15(16)11-21/h2-10H,12H2,1H3. The zero-order valence-electron chi connectivity index (χ0n) is 14.0. The number of hydrogen-bond acceptors (Lipinski definition) is 5. The van der Waals surface area contributed by atoms with E-state index in [4.69, 9.17) is 4.52 Å². The number of nitrogens with zero attached hydrogens (tertiary/aromatic N) is 4. The van der Waals surface area contributed by atoms with Gasteiger partial charge < -0.3 is 4.52 Å². The van der Waals surface area contributed by atoms with Gasteiger partial charge >= 0.3 is 0 Å². The van der Waals surface area contributed by atoms with Crippen molar-refractivity contribution in [1.82, 2.24) is 14.9 Å². The molecule has 2 aromatic heterocycles. The second-order valence-corrected chi connectivity index (χ2v) is 5.91. The number of hydrogen-bond donors (Lipinski definition) is 0. The molecule has 4 aromatic rings. The van der Waals surface area contributed by atoms with E-state index in [9.17, 15) is 10.1 Å². The predicted octanol–water partition coefficient (Wildman–Crippen LogP) is 3.28. The Kier molecular flexibility index (Phi) is 3.82. The lowest BCUT2D eigenvalue weighted by molar-refractivity contribution is 0.405. The SMILES string of the molecule is Cc1onc2c(=O)n(Cc3ccccc3C#N)nc(-c3ccccc3)c12. The van der Waals surface area contributed by atoms with Crippen molar-refractivity contribution in [3.8, 4) is 17.3 Å². The molecular weight excluding hydrogens is 328 g/mol. The van der Waals surface area contributed by atoms with Crippen molar-refractivity contribution in [3.63, 3.8) is 0 Å². The molecule has 6 nitrogen and oxygen atoms in total. The number of benzene rings is 2. The fourth-order valence-corrected chi connectivity index (χ4v) is 2.97. The Balaban J connectivity index is 1.96. The van der Waals surface area contributed by atoms with Gasteiger partial charge in [-0.15, -0.1) is 0 Å². The number of aromatic nitrogens is 3. The number of rotatable bonds is 3. The Hall–Kier alpha value is -3.72. The average Bonchev–Trinajstić information content (AvgIpc) is 3.07. The summed E-state index contributed by atoms with van der Waals surface area (Å²) in [6.07, 6.45) is 0. The zero-order valence-corrected chi connectivity index (χ0v) is 14.0. The summed E-state index contributed by atoms with van der Waals surface area (Å²) in [7, 11) is 0. The van der Waals surface area contributed by atoms with Crippen molar-refractivity contribution in [1.29, 1.82) is 5.26 Å². The summed E-state index contributed by atoms with van der Waals surface area (Å²) in [6, 6.07) is 18.9. The second kappa shape index (κ2) is 6.30. The smallest absolute Gasteiger partial charge is 0.297 e. The summed E-state index contributed by atoms with van der Waals surface area (Å²) in [6.45, 7) is 1.95. The average molecular weight is 342 g/mol. The first-order valence-electron chi connectivity index (χ1n) is 8.09. The van der Waals surface area contributed by atoms with Crippen molar-refractivity contribution < 1.29 is 4.52 Å². The van der Waals surface area contributed by atoms with Crippen LogP contribution in [0.1, 0.15) is 16.9 Å². The Morgan fingerprint density at radius 3 is 2.62 bits per heavy atom. The van der Waals surface area contributed by atoms with Crippen molar-refractivity contribution in [2.75, 3.05) is 0 Å². The van der Waals surface area contributed by atoms with Gasteiger partial charge in [-0.05, 0) is 18.6 Å². The topological polar surface area (TPSA) is 84.7 Å². The first kappa shape index (κ1) is 15.8. The third-order valence-corrected chi connectivity index (χ3v) is 4.26. The van der Waals surface area contributed by atoms with Gasteiger partial charge in [0.05, 0.1) is 23.6 Å². The summed E-state index contributed by atoms with van der Waals surface area (Å²) in [5, 5.41) is 18.4. The first-order valence-corrected chi connectivity index (χ1v) is 8.09. The molecule has 0 N–H and O–H groups in total. The van der Waals surface area contributed by atoms with Crippen molar-refractivity contribution in [2.24, 2.45) is 0 Å². The molecule has 0 spiro atoms. The molecule has 0 unspecified atom stereocenters. The minimum Gasteiger partial charge on any atom is -0.360 e. The molecule has 0 aliphatic rings. The summed E-state index contributed by atoms with van der Waals surface area (Å²) >= 11 is 0. The summed E-state index contributed by atoms with van der Waals surface area (Å²) in [5.41, 5.74) is 2.64. The van der Waals surface area contributed by atoms with Gasteiger partial charge in [0.25, 0.3) is 5.56 Å². The van der Waals surface area contributed by atoms with Gasteiger partial charge in [-0.3, -0.25) is 4.79 Å². The number of nitriles is 1. The summed E-state index contributed by atoms with van der Waals surface area (Å²) in [5.74, 6) is 0.549. The zero-order chi connectivity index (χ0) is 18.1. The summed E-state index contributed by atoms with van der Waals surface area (Å²) in [4.78, 5) is 12.8. The van der Waals surface area contributed by atoms with Crippen molar-refractivity contribution in [2.45, 2.75) is 13.5 Å². The van der Waals surface area contributed by atoms with E-state index >= 15 is 0 Å². The lowest BCUT2D eigenvalue weighted by Crippen LogP contribution is -2.25. The van der Waals surface area contributed by atoms with Crippen LogP contribution in [-0.2, 0) is 6.54 Å². The van der Waals surface area contributed by atoms with Gasteiger partial charge in [-0.25, -0.2) is 4.68 Å². The highest BCUT2D eigenvalue weighted by atomic mass is 16.5. The highest BCUT2D eigenvalue weighted by Gasteiger charge is 2.19. The molecule has 2 heterocycles. The van der Waals surface area contributed by atoms with Crippen LogP contribution in [0.3, 0.4) is 0 Å². The quantitative estimate of drug-likeness (QED) is 0.570. The molecule has 0 radical (unpaired) electrons. The van der Waals surface area contributed by atoms with Gasteiger partial charge in [-0.1, -0.05) is 53.7 Å². The molecule has 4 rings (SSSR count). The minimum atomic E-state index is -0.343. The molecule has 6 heteroatoms. The van der Waals surface area contributed by atoms with Crippen LogP contribution in [0, 0.1) is 18.3 Å². The molecule has 0 saturated carbocycles. The van der Waals surface area contributed by atoms with E-state index in [0.717, 1.165) is 11.1 Å². The van der Waals surface area contributed by atoms with Gasteiger partial charge in [-0.2, -0.15) is 10.4 Å². The first-order chi connectivity index (χ1) is 12.7. The van der Waals surface area contributed by atoms with Crippen LogP contribution in [0.2, 0.25) is 0 Å². The van der Waals surface area contributed by atoms with E-state index in [1.165, 1.54) is 4.68 Å². The molecule has 0 aliphatic carbocycles. The maximum atomic E-state index is 12.8. The number of aryl methyl sites for hydroxylation is 1. The van der Waals surface area contributed by atoms with Crippen LogP contribution in [0.4, 0.5) is 0 Å². The van der Waals surface area contributed by atoms with Crippen LogP contribution >= 0.6 is 0 Å². The molecule has 0 bridgehead atoms. The summed E-state index contributed by atoms with van der Waals surface area (Å²) < 4.78 is 6.59. The molecule has 0 aliphatic heterocycles. The molecular formula is C20H14N4O2. The van der Waals surface area contributed by atoms with Crippen LogP contribution in [0.15, 0.2) is 63.9 Å².